The first kappa shape index (κ1) is 13.7. The Balaban J connectivity index is 2.57. The highest BCUT2D eigenvalue weighted by atomic mass is 16.5. The number of ketones is 1. The molecule has 0 radical (unpaired) electrons. The molecule has 3 nitrogen and oxygen atoms in total. The van der Waals surface area contributed by atoms with Gasteiger partial charge in [-0.2, -0.15) is 0 Å². The summed E-state index contributed by atoms with van der Waals surface area (Å²) in [5.74, 6) is 1.13. The fourth-order valence-corrected chi connectivity index (χ4v) is 2.28. The number of hydrogen-bond donors (Lipinski definition) is 0. The molecule has 0 spiro atoms. The van der Waals surface area contributed by atoms with Gasteiger partial charge in [0, 0.05) is 26.1 Å². The van der Waals surface area contributed by atoms with Crippen molar-refractivity contribution in [3.8, 4) is 0 Å². The molecule has 0 aromatic carbocycles. The molecule has 1 fully saturated rings. The van der Waals surface area contributed by atoms with Gasteiger partial charge >= 0.3 is 0 Å². The maximum absolute atomic E-state index is 11.8. The summed E-state index contributed by atoms with van der Waals surface area (Å²) in [5, 5.41) is 0. The summed E-state index contributed by atoms with van der Waals surface area (Å²) < 4.78 is 5.13. The van der Waals surface area contributed by atoms with Crippen LogP contribution in [0.1, 0.15) is 40.0 Å². The highest BCUT2D eigenvalue weighted by molar-refractivity contribution is 5.83. The summed E-state index contributed by atoms with van der Waals surface area (Å²) in [6.07, 6.45) is 3.26. The fraction of sp³-hybridized carbons (Fsp3) is 0.923. The molecule has 1 saturated carbocycles. The van der Waals surface area contributed by atoms with Crippen LogP contribution in [-0.2, 0) is 9.53 Å². The quantitative estimate of drug-likeness (QED) is 0.636. The summed E-state index contributed by atoms with van der Waals surface area (Å²) >= 11 is 0. The number of Topliss-reactive ketones (excluding diaryl/α,β-unsaturated/α-hetero) is 1. The predicted molar refractivity (Wildman–Crippen MR) is 65.5 cm³/mol. The van der Waals surface area contributed by atoms with Crippen molar-refractivity contribution < 1.29 is 9.53 Å². The smallest absolute Gasteiger partial charge is 0.149 e. The van der Waals surface area contributed by atoms with Gasteiger partial charge in [0.1, 0.15) is 5.78 Å². The van der Waals surface area contributed by atoms with Crippen molar-refractivity contribution in [3.63, 3.8) is 0 Å². The second-order valence-electron chi connectivity index (χ2n) is 4.80. The zero-order valence-electron chi connectivity index (χ0n) is 11.0. The van der Waals surface area contributed by atoms with Crippen LogP contribution in [0.5, 0.6) is 0 Å². The van der Waals surface area contributed by atoms with E-state index in [0.29, 0.717) is 24.9 Å². The topological polar surface area (TPSA) is 29.5 Å². The number of carbonyl (C=O) groups excluding carboxylic acids is 1. The lowest BCUT2D eigenvalue weighted by molar-refractivity contribution is -0.124. The molecule has 94 valence electrons. The van der Waals surface area contributed by atoms with Crippen LogP contribution < -0.4 is 0 Å². The van der Waals surface area contributed by atoms with Crippen LogP contribution in [0.15, 0.2) is 0 Å². The summed E-state index contributed by atoms with van der Waals surface area (Å²) in [5.41, 5.74) is 0. The van der Waals surface area contributed by atoms with Gasteiger partial charge in [0.15, 0.2) is 0 Å². The Bertz CT molecular complexity index is 226. The highest BCUT2D eigenvalue weighted by Crippen LogP contribution is 2.35. The molecule has 0 aromatic rings. The first-order valence-corrected chi connectivity index (χ1v) is 6.39. The number of hydrogen-bond acceptors (Lipinski definition) is 3. The van der Waals surface area contributed by atoms with Crippen molar-refractivity contribution in [1.29, 1.82) is 0 Å². The summed E-state index contributed by atoms with van der Waals surface area (Å²) in [7, 11) is 1.71. The number of carbonyl (C=O) groups is 1. The molecule has 0 amide bonds. The number of rotatable bonds is 8. The van der Waals surface area contributed by atoms with E-state index in [4.69, 9.17) is 4.74 Å². The lowest BCUT2D eigenvalue weighted by Crippen LogP contribution is -2.47. The molecular weight excluding hydrogens is 202 g/mol. The molecule has 2 unspecified atom stereocenters. The predicted octanol–water partition coefficient (Wildman–Crippen LogP) is 2.10. The van der Waals surface area contributed by atoms with Crippen LogP contribution in [-0.4, -0.2) is 43.0 Å². The largest absolute Gasteiger partial charge is 0.383 e. The minimum atomic E-state index is 0.0377. The maximum Gasteiger partial charge on any atom is 0.149 e. The van der Waals surface area contributed by atoms with Gasteiger partial charge < -0.3 is 4.74 Å². The van der Waals surface area contributed by atoms with Gasteiger partial charge in [-0.1, -0.05) is 6.92 Å². The van der Waals surface area contributed by atoms with Crippen molar-refractivity contribution in [2.75, 3.05) is 20.3 Å². The number of methoxy groups -OCH3 is 1. The van der Waals surface area contributed by atoms with E-state index in [9.17, 15) is 4.79 Å². The van der Waals surface area contributed by atoms with Crippen LogP contribution in [0.3, 0.4) is 0 Å². The second-order valence-corrected chi connectivity index (χ2v) is 4.80. The molecule has 16 heavy (non-hydrogen) atoms. The minimum absolute atomic E-state index is 0.0377. The Morgan fingerprint density at radius 2 is 2.06 bits per heavy atom. The average Bonchev–Trinajstić information content (AvgIpc) is 3.11. The van der Waals surface area contributed by atoms with E-state index in [-0.39, 0.29) is 6.04 Å². The van der Waals surface area contributed by atoms with E-state index >= 15 is 0 Å². The molecule has 2 atom stereocenters. The number of nitrogens with zero attached hydrogens (tertiary/aromatic N) is 1. The molecule has 1 aliphatic rings. The maximum atomic E-state index is 11.8. The normalized spacial score (nSPS) is 19.8. The minimum Gasteiger partial charge on any atom is -0.383 e. The molecule has 0 aliphatic heterocycles. The molecule has 0 N–H and O–H groups in total. The van der Waals surface area contributed by atoms with Gasteiger partial charge in [0.05, 0.1) is 12.6 Å². The standard InChI is InChI=1S/C13H25NO2/c1-5-13(15)11(3)14(8-9-16-4)10(2)12-6-7-12/h10-12H,5-9H2,1-4H3. The van der Waals surface area contributed by atoms with Gasteiger partial charge in [-0.3, -0.25) is 9.69 Å². The van der Waals surface area contributed by atoms with Gasteiger partial charge in [-0.05, 0) is 32.6 Å². The van der Waals surface area contributed by atoms with Gasteiger partial charge in [0.25, 0.3) is 0 Å². The van der Waals surface area contributed by atoms with Crippen molar-refractivity contribution >= 4 is 5.78 Å². The van der Waals surface area contributed by atoms with Crippen LogP contribution in [0.4, 0.5) is 0 Å². The van der Waals surface area contributed by atoms with E-state index in [0.717, 1.165) is 12.5 Å². The third kappa shape index (κ3) is 3.56. The molecular formula is C13H25NO2. The summed E-state index contributed by atoms with van der Waals surface area (Å²) in [4.78, 5) is 14.1. The van der Waals surface area contributed by atoms with Crippen molar-refractivity contribution in [2.45, 2.75) is 52.1 Å². The van der Waals surface area contributed by atoms with Crippen molar-refractivity contribution in [2.24, 2.45) is 5.92 Å². The van der Waals surface area contributed by atoms with Crippen molar-refractivity contribution in [1.82, 2.24) is 4.90 Å². The van der Waals surface area contributed by atoms with Gasteiger partial charge in [0.2, 0.25) is 0 Å². The lowest BCUT2D eigenvalue weighted by Gasteiger charge is -2.33. The second kappa shape index (κ2) is 6.36. The van der Waals surface area contributed by atoms with Crippen LogP contribution in [0, 0.1) is 5.92 Å². The van der Waals surface area contributed by atoms with Gasteiger partial charge in [-0.15, -0.1) is 0 Å². The number of ether oxygens (including phenoxy) is 1. The zero-order valence-corrected chi connectivity index (χ0v) is 11.0. The van der Waals surface area contributed by atoms with E-state index in [1.54, 1.807) is 7.11 Å². The molecule has 0 heterocycles. The van der Waals surface area contributed by atoms with E-state index < -0.39 is 0 Å². The first-order valence-electron chi connectivity index (χ1n) is 6.39. The summed E-state index contributed by atoms with van der Waals surface area (Å²) in [6, 6.07) is 0.552. The molecule has 1 rings (SSSR count). The van der Waals surface area contributed by atoms with E-state index in [2.05, 4.69) is 11.8 Å². The zero-order chi connectivity index (χ0) is 12.1. The first-order chi connectivity index (χ1) is 7.61. The van der Waals surface area contributed by atoms with Gasteiger partial charge in [-0.25, -0.2) is 0 Å². The lowest BCUT2D eigenvalue weighted by atomic mass is 10.1. The molecule has 1 aliphatic carbocycles. The fourth-order valence-electron chi connectivity index (χ4n) is 2.28. The Morgan fingerprint density at radius 1 is 1.44 bits per heavy atom. The van der Waals surface area contributed by atoms with Crippen LogP contribution >= 0.6 is 0 Å². The average molecular weight is 227 g/mol. The molecule has 0 saturated heterocycles. The SMILES string of the molecule is CCC(=O)C(C)N(CCOC)C(C)C1CC1. The van der Waals surface area contributed by atoms with Crippen LogP contribution in [0.25, 0.3) is 0 Å². The van der Waals surface area contributed by atoms with E-state index in [1.165, 1.54) is 12.8 Å². The monoisotopic (exact) mass is 227 g/mol. The van der Waals surface area contributed by atoms with Crippen molar-refractivity contribution in [3.05, 3.63) is 0 Å². The molecule has 0 bridgehead atoms. The summed E-state index contributed by atoms with van der Waals surface area (Å²) in [6.45, 7) is 7.78. The Kier molecular flexibility index (Phi) is 5.42. The highest BCUT2D eigenvalue weighted by Gasteiger charge is 2.35. The molecule has 3 heteroatoms. The Hall–Kier alpha value is -0.410. The third-order valence-corrected chi connectivity index (χ3v) is 3.69. The molecule has 0 aromatic heterocycles. The Morgan fingerprint density at radius 3 is 2.50 bits per heavy atom. The third-order valence-electron chi connectivity index (χ3n) is 3.69. The van der Waals surface area contributed by atoms with Crippen LogP contribution in [0.2, 0.25) is 0 Å². The van der Waals surface area contributed by atoms with E-state index in [1.807, 2.05) is 13.8 Å². The Labute approximate surface area is 99.1 Å².